The van der Waals surface area contributed by atoms with E-state index in [4.69, 9.17) is 0 Å². The third-order valence-electron chi connectivity index (χ3n) is 3.46. The van der Waals surface area contributed by atoms with Gasteiger partial charge in [0.2, 0.25) is 0 Å². The molecule has 0 N–H and O–H groups in total. The predicted octanol–water partition coefficient (Wildman–Crippen LogP) is 3.63. The molecule has 2 atom stereocenters. The van der Waals surface area contributed by atoms with Gasteiger partial charge in [0.25, 0.3) is 10.0 Å². The number of aryl methyl sites for hydroxylation is 1. The Morgan fingerprint density at radius 2 is 2.06 bits per heavy atom. The Morgan fingerprint density at radius 3 is 2.61 bits per heavy atom. The number of thiophene rings is 1. The highest BCUT2D eigenvalue weighted by Crippen LogP contribution is 2.35. The second-order valence-electron chi connectivity index (χ2n) is 5.13. The molecule has 0 amide bonds. The molecule has 1 aromatic heterocycles. The SMILES string of the molecule is Cc1cc(S(=O)(=O)N2CC(C)CCC2C)sc1Br. The van der Waals surface area contributed by atoms with Gasteiger partial charge in [-0.05, 0) is 60.2 Å². The highest BCUT2D eigenvalue weighted by Gasteiger charge is 2.34. The molecular formula is C12H18BrNO2S2. The maximum atomic E-state index is 12.6. The third-order valence-corrected chi connectivity index (χ3v) is 8.02. The Morgan fingerprint density at radius 1 is 1.39 bits per heavy atom. The predicted molar refractivity (Wildman–Crippen MR) is 78.5 cm³/mol. The standard InChI is InChI=1S/C12H18BrNO2S2/c1-8-4-5-10(3)14(7-8)18(15,16)11-6-9(2)12(13)17-11/h6,8,10H,4-5,7H2,1-3H3. The molecule has 0 bridgehead atoms. The van der Waals surface area contributed by atoms with Gasteiger partial charge in [0.15, 0.2) is 0 Å². The second kappa shape index (κ2) is 5.23. The molecule has 2 rings (SSSR count). The van der Waals surface area contributed by atoms with Crippen LogP contribution in [0.5, 0.6) is 0 Å². The molecule has 2 heterocycles. The molecular weight excluding hydrogens is 334 g/mol. The van der Waals surface area contributed by atoms with Crippen molar-refractivity contribution in [2.24, 2.45) is 5.92 Å². The minimum atomic E-state index is -3.32. The lowest BCUT2D eigenvalue weighted by molar-refractivity contribution is 0.218. The molecule has 18 heavy (non-hydrogen) atoms. The van der Waals surface area contributed by atoms with Crippen molar-refractivity contribution in [3.8, 4) is 0 Å². The zero-order valence-electron chi connectivity index (χ0n) is 10.8. The monoisotopic (exact) mass is 351 g/mol. The number of piperidine rings is 1. The molecule has 1 aromatic rings. The first-order valence-electron chi connectivity index (χ1n) is 6.10. The van der Waals surface area contributed by atoms with Crippen molar-refractivity contribution in [3.05, 3.63) is 15.4 Å². The van der Waals surface area contributed by atoms with Crippen LogP contribution in [0.2, 0.25) is 0 Å². The van der Waals surface area contributed by atoms with E-state index in [-0.39, 0.29) is 6.04 Å². The molecule has 0 radical (unpaired) electrons. The van der Waals surface area contributed by atoms with Crippen molar-refractivity contribution >= 4 is 37.3 Å². The summed E-state index contributed by atoms with van der Waals surface area (Å²) in [5, 5.41) is 0. The van der Waals surface area contributed by atoms with Crippen molar-refractivity contribution in [1.29, 1.82) is 0 Å². The maximum absolute atomic E-state index is 12.6. The van der Waals surface area contributed by atoms with Gasteiger partial charge in [-0.15, -0.1) is 11.3 Å². The van der Waals surface area contributed by atoms with E-state index in [1.165, 1.54) is 11.3 Å². The lowest BCUT2D eigenvalue weighted by Crippen LogP contribution is -2.44. The molecule has 1 fully saturated rings. The molecule has 1 aliphatic heterocycles. The van der Waals surface area contributed by atoms with E-state index in [1.807, 2.05) is 13.8 Å². The van der Waals surface area contributed by atoms with Gasteiger partial charge in [-0.25, -0.2) is 8.42 Å². The first-order chi connectivity index (χ1) is 8.32. The molecule has 1 saturated heterocycles. The van der Waals surface area contributed by atoms with Crippen LogP contribution in [0.4, 0.5) is 0 Å². The van der Waals surface area contributed by atoms with Crippen LogP contribution in [0.15, 0.2) is 14.1 Å². The summed E-state index contributed by atoms with van der Waals surface area (Å²) in [4.78, 5) is 0. The lowest BCUT2D eigenvalue weighted by Gasteiger charge is -2.35. The zero-order valence-corrected chi connectivity index (χ0v) is 14.0. The van der Waals surface area contributed by atoms with Gasteiger partial charge in [-0.2, -0.15) is 4.31 Å². The fourth-order valence-corrected chi connectivity index (χ4v) is 6.39. The van der Waals surface area contributed by atoms with E-state index in [9.17, 15) is 8.42 Å². The molecule has 2 unspecified atom stereocenters. The van der Waals surface area contributed by atoms with E-state index < -0.39 is 10.0 Å². The molecule has 102 valence electrons. The summed E-state index contributed by atoms with van der Waals surface area (Å²) >= 11 is 4.70. The average Bonchev–Trinajstić information content (AvgIpc) is 2.63. The van der Waals surface area contributed by atoms with Crippen LogP contribution in [0.3, 0.4) is 0 Å². The van der Waals surface area contributed by atoms with Gasteiger partial charge in [-0.1, -0.05) is 6.92 Å². The highest BCUT2D eigenvalue weighted by molar-refractivity contribution is 9.11. The smallest absolute Gasteiger partial charge is 0.206 e. The summed E-state index contributed by atoms with van der Waals surface area (Å²) < 4.78 is 28.3. The van der Waals surface area contributed by atoms with E-state index in [0.717, 1.165) is 22.2 Å². The number of hydrogen-bond acceptors (Lipinski definition) is 3. The Kier molecular flexibility index (Phi) is 4.21. The molecule has 6 heteroatoms. The molecule has 0 saturated carbocycles. The normalized spacial score (nSPS) is 26.4. The number of hydrogen-bond donors (Lipinski definition) is 0. The number of nitrogens with zero attached hydrogens (tertiary/aromatic N) is 1. The third kappa shape index (κ3) is 2.66. The van der Waals surface area contributed by atoms with E-state index in [1.54, 1.807) is 10.4 Å². The number of sulfonamides is 1. The van der Waals surface area contributed by atoms with Crippen LogP contribution < -0.4 is 0 Å². The van der Waals surface area contributed by atoms with E-state index >= 15 is 0 Å². The topological polar surface area (TPSA) is 37.4 Å². The Labute approximate surface area is 121 Å². The van der Waals surface area contributed by atoms with Gasteiger partial charge in [0.1, 0.15) is 4.21 Å². The molecule has 1 aliphatic rings. The first-order valence-corrected chi connectivity index (χ1v) is 9.15. The summed E-state index contributed by atoms with van der Waals surface area (Å²) in [6, 6.07) is 1.86. The highest BCUT2D eigenvalue weighted by atomic mass is 79.9. The zero-order chi connectivity index (χ0) is 13.5. The molecule has 3 nitrogen and oxygen atoms in total. The molecule has 0 aliphatic carbocycles. The molecule has 0 spiro atoms. The van der Waals surface area contributed by atoms with Crippen molar-refractivity contribution in [2.75, 3.05) is 6.54 Å². The minimum absolute atomic E-state index is 0.104. The molecule has 0 aromatic carbocycles. The Balaban J connectivity index is 2.35. The fraction of sp³-hybridized carbons (Fsp3) is 0.667. The maximum Gasteiger partial charge on any atom is 0.252 e. The van der Waals surface area contributed by atoms with Crippen LogP contribution in [-0.2, 0) is 10.0 Å². The van der Waals surface area contributed by atoms with Crippen LogP contribution in [-0.4, -0.2) is 25.3 Å². The summed E-state index contributed by atoms with van der Waals surface area (Å²) in [6.07, 6.45) is 2.06. The minimum Gasteiger partial charge on any atom is -0.206 e. The fourth-order valence-electron chi connectivity index (χ4n) is 2.26. The van der Waals surface area contributed by atoms with Gasteiger partial charge in [0, 0.05) is 12.6 Å². The Hall–Kier alpha value is 0.0900. The van der Waals surface area contributed by atoms with Gasteiger partial charge in [0.05, 0.1) is 3.79 Å². The van der Waals surface area contributed by atoms with E-state index in [2.05, 4.69) is 22.9 Å². The van der Waals surface area contributed by atoms with Crippen LogP contribution in [0.1, 0.15) is 32.3 Å². The number of rotatable bonds is 2. The quantitative estimate of drug-likeness (QED) is 0.815. The van der Waals surface area contributed by atoms with Gasteiger partial charge >= 0.3 is 0 Å². The van der Waals surface area contributed by atoms with Crippen LogP contribution >= 0.6 is 27.3 Å². The summed E-state index contributed by atoms with van der Waals surface area (Å²) in [5.74, 6) is 0.445. The largest absolute Gasteiger partial charge is 0.252 e. The van der Waals surface area contributed by atoms with E-state index in [0.29, 0.717) is 16.7 Å². The number of halogens is 1. The van der Waals surface area contributed by atoms with Crippen molar-refractivity contribution in [3.63, 3.8) is 0 Å². The van der Waals surface area contributed by atoms with Gasteiger partial charge < -0.3 is 0 Å². The first kappa shape index (κ1) is 14.5. The lowest BCUT2D eigenvalue weighted by atomic mass is 9.97. The van der Waals surface area contributed by atoms with Crippen LogP contribution in [0.25, 0.3) is 0 Å². The van der Waals surface area contributed by atoms with Crippen molar-refractivity contribution in [1.82, 2.24) is 4.31 Å². The summed E-state index contributed by atoms with van der Waals surface area (Å²) in [7, 11) is -3.32. The average molecular weight is 352 g/mol. The summed E-state index contributed by atoms with van der Waals surface area (Å²) in [6.45, 7) is 6.67. The second-order valence-corrected chi connectivity index (χ2v) is 9.62. The Bertz CT molecular complexity index is 519. The van der Waals surface area contributed by atoms with Crippen molar-refractivity contribution < 1.29 is 8.42 Å². The summed E-state index contributed by atoms with van der Waals surface area (Å²) in [5.41, 5.74) is 0.983. The van der Waals surface area contributed by atoms with Gasteiger partial charge in [-0.3, -0.25) is 0 Å². The van der Waals surface area contributed by atoms with Crippen LogP contribution in [0, 0.1) is 12.8 Å². The van der Waals surface area contributed by atoms with Crippen molar-refractivity contribution in [2.45, 2.75) is 43.9 Å².